The van der Waals surface area contributed by atoms with Crippen LogP contribution in [0.5, 0.6) is 0 Å². The Morgan fingerprint density at radius 1 is 1.43 bits per heavy atom. The highest BCUT2D eigenvalue weighted by atomic mass is 16.2. The second-order valence-electron chi connectivity index (χ2n) is 4.30. The van der Waals surface area contributed by atoms with Crippen molar-refractivity contribution in [3.8, 4) is 0 Å². The van der Waals surface area contributed by atoms with Gasteiger partial charge in [0.2, 0.25) is 5.91 Å². The van der Waals surface area contributed by atoms with E-state index in [1.807, 2.05) is 4.90 Å². The average molecular weight is 194 g/mol. The number of likely N-dealkylation sites (tertiary alicyclic amines) is 1. The van der Waals surface area contributed by atoms with E-state index in [-0.39, 0.29) is 11.9 Å². The maximum Gasteiger partial charge on any atom is 0.239 e. The molecule has 0 bridgehead atoms. The van der Waals surface area contributed by atoms with Gasteiger partial charge >= 0.3 is 0 Å². The van der Waals surface area contributed by atoms with Crippen molar-refractivity contribution in [1.29, 1.82) is 0 Å². The Morgan fingerprint density at radius 3 is 2.93 bits per heavy atom. The van der Waals surface area contributed by atoms with E-state index in [2.05, 4.69) is 12.2 Å². The largest absolute Gasteiger partial charge is 0.338 e. The number of piperidine rings is 1. The molecule has 1 saturated carbocycles. The van der Waals surface area contributed by atoms with E-state index < -0.39 is 0 Å². The molecule has 3 heteroatoms. The summed E-state index contributed by atoms with van der Waals surface area (Å²) in [7, 11) is 0. The summed E-state index contributed by atoms with van der Waals surface area (Å²) in [5.41, 5.74) is 5.70. The Hall–Kier alpha value is -0.830. The van der Waals surface area contributed by atoms with Crippen molar-refractivity contribution in [2.45, 2.75) is 31.7 Å². The Bertz CT molecular complexity index is 246. The van der Waals surface area contributed by atoms with E-state index in [1.165, 1.54) is 12.8 Å². The van der Waals surface area contributed by atoms with E-state index in [0.29, 0.717) is 0 Å². The van der Waals surface area contributed by atoms with E-state index in [0.717, 1.165) is 31.8 Å². The molecule has 2 rings (SSSR count). The zero-order valence-corrected chi connectivity index (χ0v) is 8.48. The molecule has 1 amide bonds. The number of nitrogens with zero attached hydrogens (tertiary/aromatic N) is 1. The van der Waals surface area contributed by atoms with E-state index in [4.69, 9.17) is 5.73 Å². The third kappa shape index (κ3) is 2.35. The Kier molecular flexibility index (Phi) is 2.87. The van der Waals surface area contributed by atoms with Gasteiger partial charge in [-0.15, -0.1) is 0 Å². The van der Waals surface area contributed by atoms with Crippen LogP contribution in [-0.4, -0.2) is 29.9 Å². The van der Waals surface area contributed by atoms with Gasteiger partial charge < -0.3 is 10.6 Å². The molecule has 1 unspecified atom stereocenters. The lowest BCUT2D eigenvalue weighted by atomic mass is 10.1. The van der Waals surface area contributed by atoms with Crippen molar-refractivity contribution in [2.24, 2.45) is 11.7 Å². The third-order valence-electron chi connectivity index (χ3n) is 2.93. The van der Waals surface area contributed by atoms with Crippen LogP contribution < -0.4 is 5.73 Å². The van der Waals surface area contributed by atoms with Crippen molar-refractivity contribution in [1.82, 2.24) is 4.90 Å². The number of carbonyl (C=O) groups excluding carboxylic acids is 1. The summed E-state index contributed by atoms with van der Waals surface area (Å²) >= 11 is 0. The van der Waals surface area contributed by atoms with Gasteiger partial charge in [-0.2, -0.15) is 0 Å². The summed E-state index contributed by atoms with van der Waals surface area (Å²) in [5.74, 6) is 0.917. The Labute approximate surface area is 84.9 Å². The predicted molar refractivity (Wildman–Crippen MR) is 55.7 cm³/mol. The zero-order valence-electron chi connectivity index (χ0n) is 8.48. The standard InChI is InChI=1S/C11H18N2O/c12-10-4-2-8-13(11(10)14)7-1-3-9-5-6-9/h1,3,9-10H,2,4-8,12H2/b3-1+. The van der Waals surface area contributed by atoms with E-state index in [9.17, 15) is 4.79 Å². The van der Waals surface area contributed by atoms with Gasteiger partial charge in [0.25, 0.3) is 0 Å². The fourth-order valence-corrected chi connectivity index (χ4v) is 1.82. The highest BCUT2D eigenvalue weighted by molar-refractivity contribution is 5.82. The number of rotatable bonds is 3. The highest BCUT2D eigenvalue weighted by Gasteiger charge is 2.24. The zero-order chi connectivity index (χ0) is 9.97. The fraction of sp³-hybridized carbons (Fsp3) is 0.727. The van der Waals surface area contributed by atoms with Crippen molar-refractivity contribution < 1.29 is 4.79 Å². The van der Waals surface area contributed by atoms with Crippen LogP contribution in [-0.2, 0) is 4.79 Å². The van der Waals surface area contributed by atoms with Crippen LogP contribution in [0.3, 0.4) is 0 Å². The molecule has 0 aromatic carbocycles. The fourth-order valence-electron chi connectivity index (χ4n) is 1.82. The molecule has 0 spiro atoms. The molecule has 2 aliphatic rings. The van der Waals surface area contributed by atoms with Crippen molar-refractivity contribution in [3.05, 3.63) is 12.2 Å². The molecule has 1 aliphatic carbocycles. The van der Waals surface area contributed by atoms with Gasteiger partial charge in [-0.1, -0.05) is 12.2 Å². The Morgan fingerprint density at radius 2 is 2.21 bits per heavy atom. The summed E-state index contributed by atoms with van der Waals surface area (Å²) in [6.07, 6.45) is 8.89. The first-order valence-corrected chi connectivity index (χ1v) is 5.48. The van der Waals surface area contributed by atoms with Crippen molar-refractivity contribution in [2.75, 3.05) is 13.1 Å². The molecule has 0 aromatic heterocycles. The summed E-state index contributed by atoms with van der Waals surface area (Å²) < 4.78 is 0. The molecule has 78 valence electrons. The van der Waals surface area contributed by atoms with Crippen LogP contribution in [0.2, 0.25) is 0 Å². The summed E-state index contributed by atoms with van der Waals surface area (Å²) in [5, 5.41) is 0. The average Bonchev–Trinajstić information content (AvgIpc) is 2.96. The highest BCUT2D eigenvalue weighted by Crippen LogP contribution is 2.29. The molecule has 1 heterocycles. The normalized spacial score (nSPS) is 28.8. The van der Waals surface area contributed by atoms with Gasteiger partial charge in [0.15, 0.2) is 0 Å². The topological polar surface area (TPSA) is 46.3 Å². The van der Waals surface area contributed by atoms with Crippen LogP contribution in [0.15, 0.2) is 12.2 Å². The molecule has 14 heavy (non-hydrogen) atoms. The minimum atomic E-state index is -0.252. The third-order valence-corrected chi connectivity index (χ3v) is 2.93. The first-order chi connectivity index (χ1) is 6.77. The van der Waals surface area contributed by atoms with Crippen LogP contribution >= 0.6 is 0 Å². The van der Waals surface area contributed by atoms with E-state index >= 15 is 0 Å². The van der Waals surface area contributed by atoms with Crippen molar-refractivity contribution >= 4 is 5.91 Å². The van der Waals surface area contributed by atoms with Gasteiger partial charge in [0, 0.05) is 13.1 Å². The summed E-state index contributed by atoms with van der Waals surface area (Å²) in [6.45, 7) is 1.63. The number of hydrogen-bond donors (Lipinski definition) is 1. The number of hydrogen-bond acceptors (Lipinski definition) is 2. The van der Waals surface area contributed by atoms with Crippen LogP contribution in [0, 0.1) is 5.92 Å². The van der Waals surface area contributed by atoms with Gasteiger partial charge in [-0.05, 0) is 31.6 Å². The number of amides is 1. The molecule has 1 saturated heterocycles. The molecular formula is C11H18N2O. The second kappa shape index (κ2) is 4.13. The molecule has 3 nitrogen and oxygen atoms in total. The molecule has 2 N–H and O–H groups in total. The summed E-state index contributed by atoms with van der Waals surface area (Å²) in [6, 6.07) is -0.252. The van der Waals surface area contributed by atoms with Crippen LogP contribution in [0.4, 0.5) is 0 Å². The van der Waals surface area contributed by atoms with Gasteiger partial charge in [0.1, 0.15) is 0 Å². The predicted octanol–water partition coefficient (Wildman–Crippen LogP) is 0.902. The first-order valence-electron chi connectivity index (χ1n) is 5.48. The van der Waals surface area contributed by atoms with E-state index in [1.54, 1.807) is 0 Å². The number of carbonyl (C=O) groups is 1. The number of nitrogens with two attached hydrogens (primary N) is 1. The lowest BCUT2D eigenvalue weighted by molar-refractivity contribution is -0.134. The van der Waals surface area contributed by atoms with Crippen molar-refractivity contribution in [3.63, 3.8) is 0 Å². The molecule has 1 atom stereocenters. The quantitative estimate of drug-likeness (QED) is 0.679. The minimum Gasteiger partial charge on any atom is -0.338 e. The summed E-state index contributed by atoms with van der Waals surface area (Å²) in [4.78, 5) is 13.5. The van der Waals surface area contributed by atoms with Gasteiger partial charge in [0.05, 0.1) is 6.04 Å². The first kappa shape index (κ1) is 9.71. The maximum absolute atomic E-state index is 11.6. The van der Waals surface area contributed by atoms with Gasteiger partial charge in [-0.3, -0.25) is 4.79 Å². The SMILES string of the molecule is NC1CCCN(C/C=C/C2CC2)C1=O. The molecule has 2 fully saturated rings. The lowest BCUT2D eigenvalue weighted by Gasteiger charge is -2.29. The molecule has 1 aliphatic heterocycles. The van der Waals surface area contributed by atoms with Crippen LogP contribution in [0.1, 0.15) is 25.7 Å². The lowest BCUT2D eigenvalue weighted by Crippen LogP contribution is -2.48. The smallest absolute Gasteiger partial charge is 0.239 e. The monoisotopic (exact) mass is 194 g/mol. The Balaban J connectivity index is 1.80. The maximum atomic E-state index is 11.6. The molecule has 0 aromatic rings. The van der Waals surface area contributed by atoms with Crippen LogP contribution in [0.25, 0.3) is 0 Å². The molecular weight excluding hydrogens is 176 g/mol. The second-order valence-corrected chi connectivity index (χ2v) is 4.30. The minimum absolute atomic E-state index is 0.122. The number of allylic oxidation sites excluding steroid dienone is 1. The molecule has 0 radical (unpaired) electrons. The van der Waals surface area contributed by atoms with Gasteiger partial charge in [-0.25, -0.2) is 0 Å².